The van der Waals surface area contributed by atoms with Gasteiger partial charge in [-0.15, -0.1) is 0 Å². The summed E-state index contributed by atoms with van der Waals surface area (Å²) in [7, 11) is -3.97. The molecule has 0 radical (unpaired) electrons. The van der Waals surface area contributed by atoms with Gasteiger partial charge < -0.3 is 0 Å². The first-order valence-electron chi connectivity index (χ1n) is 11.8. The van der Waals surface area contributed by atoms with Crippen molar-refractivity contribution in [1.82, 2.24) is 5.32 Å². The molecule has 0 saturated heterocycles. The van der Waals surface area contributed by atoms with Crippen molar-refractivity contribution in [3.05, 3.63) is 12.2 Å². The second kappa shape index (κ2) is 19.9. The predicted octanol–water partition coefficient (Wildman–Crippen LogP) is 7.02. The quantitative estimate of drug-likeness (QED) is 0.120. The van der Waals surface area contributed by atoms with E-state index in [0.717, 1.165) is 6.42 Å². The van der Waals surface area contributed by atoms with Crippen LogP contribution in [0.5, 0.6) is 0 Å². The highest BCUT2D eigenvalue weighted by molar-refractivity contribution is 7.86. The van der Waals surface area contributed by atoms with Crippen molar-refractivity contribution in [1.29, 1.82) is 0 Å². The third-order valence-corrected chi connectivity index (χ3v) is 6.42. The Morgan fingerprint density at radius 1 is 0.714 bits per heavy atom. The van der Waals surface area contributed by atoms with Crippen molar-refractivity contribution in [3.8, 4) is 0 Å². The molecule has 0 heterocycles. The van der Waals surface area contributed by atoms with E-state index in [1.165, 1.54) is 110 Å². The fourth-order valence-corrected chi connectivity index (χ4v) is 3.66. The highest BCUT2D eigenvalue weighted by Gasteiger charge is 2.14. The summed E-state index contributed by atoms with van der Waals surface area (Å²) >= 11 is 0. The monoisotopic (exact) mass is 417 g/mol. The number of unbranched alkanes of at least 4 members (excludes halogenated alkanes) is 16. The van der Waals surface area contributed by atoms with E-state index in [-0.39, 0.29) is 0 Å². The summed E-state index contributed by atoms with van der Waals surface area (Å²) < 4.78 is 30.5. The minimum Gasteiger partial charge on any atom is -0.296 e. The molecule has 0 spiro atoms. The van der Waals surface area contributed by atoms with E-state index in [0.29, 0.717) is 6.54 Å². The third kappa shape index (κ3) is 20.3. The van der Waals surface area contributed by atoms with E-state index in [1.807, 2.05) is 6.08 Å². The summed E-state index contributed by atoms with van der Waals surface area (Å²) in [4.78, 5) is 0. The molecule has 0 saturated carbocycles. The van der Waals surface area contributed by atoms with Crippen molar-refractivity contribution in [2.45, 2.75) is 128 Å². The first-order chi connectivity index (χ1) is 13.5. The van der Waals surface area contributed by atoms with Crippen molar-refractivity contribution >= 4 is 10.1 Å². The number of allylic oxidation sites excluding steroid dienone is 1. The molecule has 0 amide bonds. The maximum Gasteiger partial charge on any atom is 0.280 e. The zero-order valence-corrected chi connectivity index (χ0v) is 19.4. The van der Waals surface area contributed by atoms with Gasteiger partial charge in [0.1, 0.15) is 5.37 Å². The number of hydrogen-bond acceptors (Lipinski definition) is 3. The van der Waals surface area contributed by atoms with Gasteiger partial charge >= 0.3 is 0 Å². The van der Waals surface area contributed by atoms with Crippen LogP contribution in [0.25, 0.3) is 0 Å². The first kappa shape index (κ1) is 27.6. The van der Waals surface area contributed by atoms with Gasteiger partial charge in [0.15, 0.2) is 0 Å². The van der Waals surface area contributed by atoms with Crippen molar-refractivity contribution in [2.75, 3.05) is 6.54 Å². The van der Waals surface area contributed by atoms with Gasteiger partial charge in [0.05, 0.1) is 0 Å². The molecule has 0 bridgehead atoms. The Morgan fingerprint density at radius 2 is 1.11 bits per heavy atom. The molecular formula is C23H47NO3S. The van der Waals surface area contributed by atoms with Crippen molar-refractivity contribution < 1.29 is 13.0 Å². The van der Waals surface area contributed by atoms with Crippen LogP contribution in [0.1, 0.15) is 123 Å². The maximum absolute atomic E-state index is 10.8. The standard InChI is InChI=1S/C23H47NO3S/c1-3-4-5-6-7-8-9-10-11-12-13-14-15-16-17-18-19-20-21-22-24-23(2)28(25,26)27/h20-21,23-24H,3-19,22H2,1-2H3,(H,25,26,27). The summed E-state index contributed by atoms with van der Waals surface area (Å²) in [5, 5.41) is 1.85. The van der Waals surface area contributed by atoms with Crippen LogP contribution in [0.2, 0.25) is 0 Å². The lowest BCUT2D eigenvalue weighted by molar-refractivity contribution is 0.459. The zero-order chi connectivity index (χ0) is 20.9. The number of rotatable bonds is 21. The Morgan fingerprint density at radius 3 is 1.50 bits per heavy atom. The highest BCUT2D eigenvalue weighted by atomic mass is 32.2. The van der Waals surface area contributed by atoms with Gasteiger partial charge in [-0.25, -0.2) is 0 Å². The van der Waals surface area contributed by atoms with E-state index in [2.05, 4.69) is 18.3 Å². The summed E-state index contributed by atoms with van der Waals surface area (Å²) in [6.07, 6.45) is 27.2. The molecule has 0 aliphatic heterocycles. The van der Waals surface area contributed by atoms with Gasteiger partial charge in [-0.1, -0.05) is 115 Å². The molecule has 0 aliphatic carbocycles. The van der Waals surface area contributed by atoms with E-state index in [1.54, 1.807) is 0 Å². The topological polar surface area (TPSA) is 66.4 Å². The SMILES string of the molecule is CCCCCCCCCCCCCCCCCCC=CCNC(C)S(=O)(=O)O. The lowest BCUT2D eigenvalue weighted by Gasteiger charge is -2.07. The van der Waals surface area contributed by atoms with E-state index >= 15 is 0 Å². The largest absolute Gasteiger partial charge is 0.296 e. The summed E-state index contributed by atoms with van der Waals surface area (Å²) in [5.41, 5.74) is 0. The molecule has 1 atom stereocenters. The van der Waals surface area contributed by atoms with Crippen LogP contribution in [0.15, 0.2) is 12.2 Å². The fourth-order valence-electron chi connectivity index (χ4n) is 3.35. The summed E-state index contributed by atoms with van der Waals surface area (Å²) in [6.45, 7) is 4.19. The minimum absolute atomic E-state index is 0.472. The normalized spacial score (nSPS) is 13.4. The lowest BCUT2D eigenvalue weighted by atomic mass is 10.0. The van der Waals surface area contributed by atoms with Gasteiger partial charge in [0, 0.05) is 6.54 Å². The predicted molar refractivity (Wildman–Crippen MR) is 122 cm³/mol. The molecule has 28 heavy (non-hydrogen) atoms. The average molecular weight is 418 g/mol. The molecule has 168 valence electrons. The van der Waals surface area contributed by atoms with Gasteiger partial charge in [-0.3, -0.25) is 9.87 Å². The Balaban J connectivity index is 3.19. The summed E-state index contributed by atoms with van der Waals surface area (Å²) in [5.74, 6) is 0. The smallest absolute Gasteiger partial charge is 0.280 e. The molecule has 0 aromatic carbocycles. The number of hydrogen-bond donors (Lipinski definition) is 2. The second-order valence-electron chi connectivity index (χ2n) is 8.13. The van der Waals surface area contributed by atoms with Crippen LogP contribution in [0.4, 0.5) is 0 Å². The molecule has 5 heteroatoms. The molecular weight excluding hydrogens is 370 g/mol. The van der Waals surface area contributed by atoms with Gasteiger partial charge in [-0.05, 0) is 19.8 Å². The molecule has 0 aliphatic rings. The molecule has 0 fully saturated rings. The van der Waals surface area contributed by atoms with Crippen LogP contribution in [0, 0.1) is 0 Å². The fraction of sp³-hybridized carbons (Fsp3) is 0.913. The zero-order valence-electron chi connectivity index (χ0n) is 18.6. The van der Waals surface area contributed by atoms with Crippen LogP contribution in [-0.4, -0.2) is 24.9 Å². The lowest BCUT2D eigenvalue weighted by Crippen LogP contribution is -2.33. The van der Waals surface area contributed by atoms with E-state index in [9.17, 15) is 8.42 Å². The van der Waals surface area contributed by atoms with E-state index < -0.39 is 15.5 Å². The Bertz CT molecular complexity index is 449. The Hall–Kier alpha value is -0.390. The van der Waals surface area contributed by atoms with E-state index in [4.69, 9.17) is 4.55 Å². The molecule has 2 N–H and O–H groups in total. The second-order valence-corrected chi connectivity index (χ2v) is 9.87. The minimum atomic E-state index is -3.97. The van der Waals surface area contributed by atoms with Gasteiger partial charge in [0.2, 0.25) is 0 Å². The Labute approximate surface area is 175 Å². The van der Waals surface area contributed by atoms with Crippen LogP contribution < -0.4 is 5.32 Å². The summed E-state index contributed by atoms with van der Waals surface area (Å²) in [6, 6.07) is 0. The van der Waals surface area contributed by atoms with Gasteiger partial charge in [0.25, 0.3) is 10.1 Å². The average Bonchev–Trinajstić information content (AvgIpc) is 2.65. The van der Waals surface area contributed by atoms with Crippen molar-refractivity contribution in [3.63, 3.8) is 0 Å². The van der Waals surface area contributed by atoms with Crippen LogP contribution in [0.3, 0.4) is 0 Å². The third-order valence-electron chi connectivity index (χ3n) is 5.36. The first-order valence-corrected chi connectivity index (χ1v) is 13.3. The van der Waals surface area contributed by atoms with Gasteiger partial charge in [-0.2, -0.15) is 8.42 Å². The molecule has 1 unspecified atom stereocenters. The highest BCUT2D eigenvalue weighted by Crippen LogP contribution is 2.14. The Kier molecular flexibility index (Phi) is 19.6. The molecule has 0 aromatic heterocycles. The van der Waals surface area contributed by atoms with Crippen LogP contribution >= 0.6 is 0 Å². The molecule has 0 aromatic rings. The maximum atomic E-state index is 10.8. The molecule has 0 rings (SSSR count). The molecule has 4 nitrogen and oxygen atoms in total. The van der Waals surface area contributed by atoms with Crippen LogP contribution in [-0.2, 0) is 10.1 Å². The van der Waals surface area contributed by atoms with Crippen molar-refractivity contribution in [2.24, 2.45) is 0 Å². The number of nitrogens with one attached hydrogen (secondary N) is 1.